The van der Waals surface area contributed by atoms with E-state index in [4.69, 9.17) is 11.6 Å². The first-order chi connectivity index (χ1) is 11.0. The first-order valence-corrected chi connectivity index (χ1v) is 7.50. The predicted molar refractivity (Wildman–Crippen MR) is 87.3 cm³/mol. The van der Waals surface area contributed by atoms with E-state index in [1.807, 2.05) is 13.8 Å². The molecule has 0 bridgehead atoms. The third-order valence-electron chi connectivity index (χ3n) is 2.88. The van der Waals surface area contributed by atoms with Crippen LogP contribution in [-0.4, -0.2) is 27.8 Å². The summed E-state index contributed by atoms with van der Waals surface area (Å²) < 4.78 is 0. The number of amides is 2. The fourth-order valence-electron chi connectivity index (χ4n) is 1.81. The van der Waals surface area contributed by atoms with Gasteiger partial charge >= 0.3 is 0 Å². The van der Waals surface area contributed by atoms with Crippen molar-refractivity contribution in [2.75, 3.05) is 0 Å². The number of carbonyl (C=O) groups excluding carboxylic acids is 2. The molecule has 0 unspecified atom stereocenters. The predicted octanol–water partition coefficient (Wildman–Crippen LogP) is 2.20. The zero-order valence-corrected chi connectivity index (χ0v) is 13.6. The molecule has 2 N–H and O–H groups in total. The van der Waals surface area contributed by atoms with Crippen molar-refractivity contribution in [3.05, 3.63) is 58.6 Å². The molecule has 0 aliphatic heterocycles. The van der Waals surface area contributed by atoms with Crippen molar-refractivity contribution < 1.29 is 9.59 Å². The number of nitrogens with one attached hydrogen (secondary N) is 2. The third-order valence-corrected chi connectivity index (χ3v) is 3.10. The van der Waals surface area contributed by atoms with Crippen molar-refractivity contribution in [1.82, 2.24) is 20.6 Å². The van der Waals surface area contributed by atoms with E-state index < -0.39 is 0 Å². The number of pyridine rings is 2. The summed E-state index contributed by atoms with van der Waals surface area (Å²) in [6.07, 6.45) is 1.59. The van der Waals surface area contributed by atoms with Gasteiger partial charge in [0.25, 0.3) is 11.8 Å². The van der Waals surface area contributed by atoms with Crippen LogP contribution in [0.25, 0.3) is 0 Å². The first kappa shape index (κ1) is 16.9. The highest BCUT2D eigenvalue weighted by Crippen LogP contribution is 2.06. The summed E-state index contributed by atoms with van der Waals surface area (Å²) >= 11 is 5.71. The van der Waals surface area contributed by atoms with Crippen LogP contribution in [0.3, 0.4) is 0 Å². The van der Waals surface area contributed by atoms with Gasteiger partial charge in [0.2, 0.25) is 0 Å². The summed E-state index contributed by atoms with van der Waals surface area (Å²) in [7, 11) is 0. The van der Waals surface area contributed by atoms with Crippen LogP contribution in [0.4, 0.5) is 0 Å². The molecule has 2 amide bonds. The van der Waals surface area contributed by atoms with Gasteiger partial charge in [-0.25, -0.2) is 9.97 Å². The van der Waals surface area contributed by atoms with Gasteiger partial charge in [-0.3, -0.25) is 9.59 Å². The van der Waals surface area contributed by atoms with E-state index in [1.54, 1.807) is 36.5 Å². The van der Waals surface area contributed by atoms with Crippen LogP contribution < -0.4 is 10.6 Å². The second-order valence-electron chi connectivity index (χ2n) is 5.21. The van der Waals surface area contributed by atoms with Gasteiger partial charge < -0.3 is 10.6 Å². The quantitative estimate of drug-likeness (QED) is 0.822. The lowest BCUT2D eigenvalue weighted by atomic mass is 10.2. The van der Waals surface area contributed by atoms with Crippen molar-refractivity contribution in [3.8, 4) is 0 Å². The number of hydrogen-bond donors (Lipinski definition) is 2. The Morgan fingerprint density at radius 2 is 1.83 bits per heavy atom. The number of halogens is 1. The van der Waals surface area contributed by atoms with Crippen LogP contribution in [-0.2, 0) is 6.54 Å². The van der Waals surface area contributed by atoms with Gasteiger partial charge in [-0.1, -0.05) is 23.7 Å². The highest BCUT2D eigenvalue weighted by Gasteiger charge is 2.12. The van der Waals surface area contributed by atoms with Crippen LogP contribution >= 0.6 is 11.6 Å². The first-order valence-electron chi connectivity index (χ1n) is 7.12. The van der Waals surface area contributed by atoms with E-state index in [-0.39, 0.29) is 29.2 Å². The van der Waals surface area contributed by atoms with Gasteiger partial charge in [0.1, 0.15) is 16.5 Å². The van der Waals surface area contributed by atoms with Crippen LogP contribution in [0.5, 0.6) is 0 Å². The molecule has 0 atom stereocenters. The monoisotopic (exact) mass is 332 g/mol. The Bertz CT molecular complexity index is 701. The number of rotatable bonds is 5. The minimum atomic E-state index is -0.362. The topological polar surface area (TPSA) is 84.0 Å². The molecule has 7 heteroatoms. The highest BCUT2D eigenvalue weighted by molar-refractivity contribution is 6.29. The SMILES string of the molecule is CC(C)NC(=O)c1cccc(C(=O)NCc2ccc(Cl)nc2)n1. The molecule has 23 heavy (non-hydrogen) atoms. The van der Waals surface area contributed by atoms with E-state index in [0.29, 0.717) is 11.7 Å². The van der Waals surface area contributed by atoms with E-state index in [2.05, 4.69) is 20.6 Å². The Balaban J connectivity index is 2.02. The van der Waals surface area contributed by atoms with Crippen LogP contribution in [0.2, 0.25) is 5.15 Å². The number of aromatic nitrogens is 2. The van der Waals surface area contributed by atoms with Gasteiger partial charge in [0.05, 0.1) is 0 Å². The molecule has 0 aliphatic rings. The summed E-state index contributed by atoms with van der Waals surface area (Å²) in [4.78, 5) is 32.1. The fourth-order valence-corrected chi connectivity index (χ4v) is 1.92. The molecule has 0 saturated heterocycles. The number of carbonyl (C=O) groups is 2. The average molecular weight is 333 g/mol. The Hall–Kier alpha value is -2.47. The summed E-state index contributed by atoms with van der Waals surface area (Å²) in [5, 5.41) is 5.85. The summed E-state index contributed by atoms with van der Waals surface area (Å²) in [6.45, 7) is 4.01. The minimum Gasteiger partial charge on any atom is -0.349 e. The molecule has 2 heterocycles. The second-order valence-corrected chi connectivity index (χ2v) is 5.60. The maximum absolute atomic E-state index is 12.1. The highest BCUT2D eigenvalue weighted by atomic mass is 35.5. The van der Waals surface area contributed by atoms with Gasteiger partial charge in [-0.15, -0.1) is 0 Å². The van der Waals surface area contributed by atoms with Crippen LogP contribution in [0, 0.1) is 0 Å². The van der Waals surface area contributed by atoms with E-state index >= 15 is 0 Å². The van der Waals surface area contributed by atoms with E-state index in [9.17, 15) is 9.59 Å². The lowest BCUT2D eigenvalue weighted by Crippen LogP contribution is -2.31. The molecule has 0 spiro atoms. The largest absolute Gasteiger partial charge is 0.349 e. The van der Waals surface area contributed by atoms with Crippen molar-refractivity contribution in [2.45, 2.75) is 26.4 Å². The minimum absolute atomic E-state index is 0.000752. The Morgan fingerprint density at radius 1 is 1.13 bits per heavy atom. The van der Waals surface area contributed by atoms with Crippen molar-refractivity contribution in [3.63, 3.8) is 0 Å². The molecule has 0 aliphatic carbocycles. The van der Waals surface area contributed by atoms with Crippen molar-refractivity contribution in [2.24, 2.45) is 0 Å². The van der Waals surface area contributed by atoms with Crippen LogP contribution in [0.15, 0.2) is 36.5 Å². The summed E-state index contributed by atoms with van der Waals surface area (Å²) in [5.41, 5.74) is 1.21. The summed E-state index contributed by atoms with van der Waals surface area (Å²) in [5.74, 6) is -0.671. The summed E-state index contributed by atoms with van der Waals surface area (Å²) in [6, 6.07) is 8.17. The van der Waals surface area contributed by atoms with Gasteiger partial charge in [-0.05, 0) is 37.6 Å². The lowest BCUT2D eigenvalue weighted by molar-refractivity contribution is 0.0936. The molecular formula is C16H17ClN4O2. The molecule has 120 valence electrons. The molecule has 0 saturated carbocycles. The molecule has 0 aromatic carbocycles. The fraction of sp³-hybridized carbons (Fsp3) is 0.250. The Labute approximate surface area is 139 Å². The average Bonchev–Trinajstić information content (AvgIpc) is 2.53. The smallest absolute Gasteiger partial charge is 0.270 e. The molecule has 2 aromatic rings. The zero-order valence-electron chi connectivity index (χ0n) is 12.8. The molecular weight excluding hydrogens is 316 g/mol. The molecule has 0 radical (unpaired) electrons. The van der Waals surface area contributed by atoms with Gasteiger partial charge in [0, 0.05) is 18.8 Å². The lowest BCUT2D eigenvalue weighted by Gasteiger charge is -2.09. The normalized spacial score (nSPS) is 10.4. The second kappa shape index (κ2) is 7.69. The number of nitrogens with zero attached hydrogens (tertiary/aromatic N) is 2. The third kappa shape index (κ3) is 5.03. The molecule has 0 fully saturated rings. The van der Waals surface area contributed by atoms with E-state index in [1.165, 1.54) is 0 Å². The van der Waals surface area contributed by atoms with Crippen LogP contribution in [0.1, 0.15) is 40.4 Å². The maximum atomic E-state index is 12.1. The standard InChI is InChI=1S/C16H17ClN4O2/c1-10(2)20-16(23)13-5-3-4-12(21-13)15(22)19-9-11-6-7-14(17)18-8-11/h3-8,10H,9H2,1-2H3,(H,19,22)(H,20,23). The Kier molecular flexibility index (Phi) is 5.65. The Morgan fingerprint density at radius 3 is 2.43 bits per heavy atom. The maximum Gasteiger partial charge on any atom is 0.270 e. The molecule has 2 aromatic heterocycles. The van der Waals surface area contributed by atoms with E-state index in [0.717, 1.165) is 5.56 Å². The van der Waals surface area contributed by atoms with Crippen molar-refractivity contribution >= 4 is 23.4 Å². The van der Waals surface area contributed by atoms with Gasteiger partial charge in [-0.2, -0.15) is 0 Å². The molecule has 6 nitrogen and oxygen atoms in total. The van der Waals surface area contributed by atoms with Gasteiger partial charge in [0.15, 0.2) is 0 Å². The molecule has 2 rings (SSSR count). The zero-order chi connectivity index (χ0) is 16.8. The number of hydrogen-bond acceptors (Lipinski definition) is 4. The van der Waals surface area contributed by atoms with Crippen molar-refractivity contribution in [1.29, 1.82) is 0 Å².